The first-order valence-electron chi connectivity index (χ1n) is 10.1. The van der Waals surface area contributed by atoms with E-state index < -0.39 is 17.7 Å². The van der Waals surface area contributed by atoms with Crippen LogP contribution in [0.1, 0.15) is 22.9 Å². The molecule has 0 saturated carbocycles. The van der Waals surface area contributed by atoms with Gasteiger partial charge in [0.25, 0.3) is 5.78 Å². The van der Waals surface area contributed by atoms with Gasteiger partial charge >= 0.3 is 5.91 Å². The minimum absolute atomic E-state index is 0.109. The molecule has 1 amide bonds. The van der Waals surface area contributed by atoms with Crippen LogP contribution >= 0.6 is 15.9 Å². The van der Waals surface area contributed by atoms with Crippen LogP contribution in [0.25, 0.3) is 5.76 Å². The third kappa shape index (κ3) is 3.90. The predicted octanol–water partition coefficient (Wildman–Crippen LogP) is 4.40. The summed E-state index contributed by atoms with van der Waals surface area (Å²) in [5, 5.41) is 15.1. The number of ether oxygens (including phenoxy) is 3. The average molecular weight is 529 g/mol. The van der Waals surface area contributed by atoms with Gasteiger partial charge in [0, 0.05) is 16.1 Å². The van der Waals surface area contributed by atoms with Gasteiger partial charge in [0.1, 0.15) is 11.5 Å². The number of ketones is 1. The molecule has 3 aromatic rings. The number of halogens is 1. The average Bonchev–Trinajstić information content (AvgIpc) is 3.38. The van der Waals surface area contributed by atoms with Crippen LogP contribution in [0, 0.1) is 6.92 Å². The molecule has 1 aromatic heterocycles. The number of hydrogen-bond acceptors (Lipinski definition) is 8. The number of hydrogen-bond donors (Lipinski definition) is 1. The van der Waals surface area contributed by atoms with Crippen LogP contribution in [0.4, 0.5) is 5.82 Å². The zero-order valence-corrected chi connectivity index (χ0v) is 20.4. The fourth-order valence-corrected chi connectivity index (χ4v) is 4.14. The van der Waals surface area contributed by atoms with Gasteiger partial charge < -0.3 is 23.8 Å². The van der Waals surface area contributed by atoms with Crippen molar-refractivity contribution >= 4 is 39.2 Å². The molecular weight excluding hydrogens is 508 g/mol. The topological polar surface area (TPSA) is 111 Å². The molecule has 1 saturated heterocycles. The molecule has 2 heterocycles. The van der Waals surface area contributed by atoms with Crippen molar-refractivity contribution in [1.29, 1.82) is 0 Å². The lowest BCUT2D eigenvalue weighted by molar-refractivity contribution is -0.132. The van der Waals surface area contributed by atoms with Gasteiger partial charge in [0.15, 0.2) is 17.3 Å². The van der Waals surface area contributed by atoms with Gasteiger partial charge in [0.05, 0.1) is 32.9 Å². The highest BCUT2D eigenvalue weighted by Gasteiger charge is 2.48. The fraction of sp³-hybridized carbons (Fsp3) is 0.208. The van der Waals surface area contributed by atoms with Gasteiger partial charge in [-0.1, -0.05) is 33.2 Å². The maximum atomic E-state index is 13.2. The summed E-state index contributed by atoms with van der Waals surface area (Å²) in [6.07, 6.45) is 0. The van der Waals surface area contributed by atoms with Gasteiger partial charge in [0.2, 0.25) is 5.75 Å². The van der Waals surface area contributed by atoms with Crippen LogP contribution in [-0.4, -0.2) is 43.3 Å². The number of rotatable bonds is 6. The summed E-state index contributed by atoms with van der Waals surface area (Å²) >= 11 is 3.35. The quantitative estimate of drug-likeness (QED) is 0.284. The maximum Gasteiger partial charge on any atom is 0.301 e. The van der Waals surface area contributed by atoms with E-state index in [4.69, 9.17) is 18.7 Å². The van der Waals surface area contributed by atoms with Crippen LogP contribution in [0.3, 0.4) is 0 Å². The normalized spacial score (nSPS) is 17.2. The van der Waals surface area contributed by atoms with E-state index in [0.29, 0.717) is 34.1 Å². The van der Waals surface area contributed by atoms with E-state index in [1.165, 1.54) is 32.3 Å². The number of aryl methyl sites for hydroxylation is 1. The minimum atomic E-state index is -1.04. The predicted molar refractivity (Wildman–Crippen MR) is 126 cm³/mol. The van der Waals surface area contributed by atoms with Crippen molar-refractivity contribution in [3.63, 3.8) is 0 Å². The summed E-state index contributed by atoms with van der Waals surface area (Å²) in [6, 6.07) is 10.5. The molecule has 0 radical (unpaired) electrons. The highest BCUT2D eigenvalue weighted by Crippen LogP contribution is 2.47. The fourth-order valence-electron chi connectivity index (χ4n) is 3.87. The number of methoxy groups -OCH3 is 3. The first-order chi connectivity index (χ1) is 16.3. The lowest BCUT2D eigenvalue weighted by Crippen LogP contribution is -2.29. The van der Waals surface area contributed by atoms with E-state index in [1.807, 2.05) is 0 Å². The Morgan fingerprint density at radius 3 is 2.15 bits per heavy atom. The van der Waals surface area contributed by atoms with E-state index in [2.05, 4.69) is 21.1 Å². The SMILES string of the molecule is COc1cc([C@H]2/C(=C(\O)c3ccc(Br)cc3)C(=O)C(=O)N2c2cc(C)on2)cc(OC)c1OC. The van der Waals surface area contributed by atoms with Crippen LogP contribution in [0.15, 0.2) is 57.0 Å². The Bertz CT molecular complexity index is 1270. The van der Waals surface area contributed by atoms with Crippen LogP contribution in [0.2, 0.25) is 0 Å². The van der Waals surface area contributed by atoms with E-state index in [9.17, 15) is 14.7 Å². The van der Waals surface area contributed by atoms with Crippen molar-refractivity contribution in [2.75, 3.05) is 26.2 Å². The molecule has 0 bridgehead atoms. The number of nitrogens with zero attached hydrogens (tertiary/aromatic N) is 2. The number of aliphatic hydroxyl groups excluding tert-OH is 1. The summed E-state index contributed by atoms with van der Waals surface area (Å²) in [7, 11) is 4.39. The number of benzene rings is 2. The van der Waals surface area contributed by atoms with Crippen molar-refractivity contribution in [3.8, 4) is 17.2 Å². The number of aromatic nitrogens is 1. The molecule has 0 unspecified atom stereocenters. The second-order valence-electron chi connectivity index (χ2n) is 7.43. The number of carbonyl (C=O) groups excluding carboxylic acids is 2. The molecule has 0 spiro atoms. The third-order valence-corrected chi connectivity index (χ3v) is 5.96. The molecule has 34 heavy (non-hydrogen) atoms. The zero-order valence-electron chi connectivity index (χ0n) is 18.8. The molecule has 176 valence electrons. The van der Waals surface area contributed by atoms with E-state index >= 15 is 0 Å². The monoisotopic (exact) mass is 528 g/mol. The van der Waals surface area contributed by atoms with Crippen molar-refractivity contribution in [1.82, 2.24) is 5.16 Å². The van der Waals surface area contributed by atoms with Gasteiger partial charge in [-0.3, -0.25) is 14.5 Å². The Morgan fingerprint density at radius 2 is 1.65 bits per heavy atom. The Hall–Kier alpha value is -3.79. The van der Waals surface area contributed by atoms with Crippen molar-refractivity contribution in [2.24, 2.45) is 0 Å². The first kappa shape index (κ1) is 23.4. The molecule has 1 aliphatic rings. The number of amides is 1. The summed E-state index contributed by atoms with van der Waals surface area (Å²) in [6.45, 7) is 1.67. The molecule has 2 aromatic carbocycles. The Morgan fingerprint density at radius 1 is 1.03 bits per heavy atom. The number of aliphatic hydroxyl groups is 1. The lowest BCUT2D eigenvalue weighted by Gasteiger charge is -2.24. The summed E-state index contributed by atoms with van der Waals surface area (Å²) in [5.41, 5.74) is 0.699. The first-order valence-corrected chi connectivity index (χ1v) is 10.9. The molecule has 1 fully saturated rings. The molecule has 1 N–H and O–H groups in total. The van der Waals surface area contributed by atoms with Crippen molar-refractivity contribution in [2.45, 2.75) is 13.0 Å². The number of Topliss-reactive ketones (excluding diaryl/α,β-unsaturated/α-hetero) is 1. The Balaban J connectivity index is 2.00. The van der Waals surface area contributed by atoms with Gasteiger partial charge in [-0.2, -0.15) is 0 Å². The van der Waals surface area contributed by atoms with Gasteiger partial charge in [-0.05, 0) is 36.8 Å². The maximum absolute atomic E-state index is 13.2. The molecule has 1 atom stereocenters. The third-order valence-electron chi connectivity index (χ3n) is 5.43. The van der Waals surface area contributed by atoms with E-state index in [-0.39, 0.29) is 17.2 Å². The van der Waals surface area contributed by atoms with Crippen molar-refractivity contribution < 1.29 is 33.4 Å². The molecular formula is C24H21BrN2O7. The van der Waals surface area contributed by atoms with Gasteiger partial charge in [-0.15, -0.1) is 0 Å². The highest BCUT2D eigenvalue weighted by atomic mass is 79.9. The molecule has 1 aliphatic heterocycles. The minimum Gasteiger partial charge on any atom is -0.507 e. The number of anilines is 1. The zero-order chi connectivity index (χ0) is 24.6. The van der Waals surface area contributed by atoms with Crippen molar-refractivity contribution in [3.05, 3.63) is 69.4 Å². The summed E-state index contributed by atoms with van der Waals surface area (Å²) in [4.78, 5) is 27.6. The van der Waals surface area contributed by atoms with Crippen LogP contribution < -0.4 is 19.1 Å². The second-order valence-corrected chi connectivity index (χ2v) is 8.35. The Kier molecular flexibility index (Phi) is 6.34. The summed E-state index contributed by atoms with van der Waals surface area (Å²) < 4.78 is 22.3. The van der Waals surface area contributed by atoms with Gasteiger partial charge in [-0.25, -0.2) is 0 Å². The highest BCUT2D eigenvalue weighted by molar-refractivity contribution is 9.10. The smallest absolute Gasteiger partial charge is 0.301 e. The lowest BCUT2D eigenvalue weighted by atomic mass is 9.94. The second kappa shape index (κ2) is 9.22. The number of carbonyl (C=O) groups is 2. The molecule has 10 heteroatoms. The summed E-state index contributed by atoms with van der Waals surface area (Å²) in [5.74, 6) is -0.472. The van der Waals surface area contributed by atoms with E-state index in [1.54, 1.807) is 43.3 Å². The molecule has 0 aliphatic carbocycles. The standard InChI is InChI=1S/C24H21BrN2O7/c1-12-9-18(26-34-12)27-20(14-10-16(31-2)23(33-4)17(11-14)32-3)19(22(29)24(27)30)21(28)13-5-7-15(25)8-6-13/h5-11,20,28H,1-4H3/b21-19+/t20-/m0/s1. The van der Waals surface area contributed by atoms with Crippen LogP contribution in [0.5, 0.6) is 17.2 Å². The molecule has 9 nitrogen and oxygen atoms in total. The van der Waals surface area contributed by atoms with E-state index in [0.717, 1.165) is 4.47 Å². The Labute approximate surface area is 203 Å². The largest absolute Gasteiger partial charge is 0.507 e. The van der Waals surface area contributed by atoms with Crippen LogP contribution in [-0.2, 0) is 9.59 Å². The molecule has 4 rings (SSSR count).